The summed E-state index contributed by atoms with van der Waals surface area (Å²) in [5.74, 6) is -0.337. The first-order chi connectivity index (χ1) is 13.0. The third-order valence-corrected chi connectivity index (χ3v) is 5.58. The molecule has 0 saturated carbocycles. The van der Waals surface area contributed by atoms with E-state index < -0.39 is 5.97 Å². The van der Waals surface area contributed by atoms with Crippen molar-refractivity contribution >= 4 is 23.6 Å². The van der Waals surface area contributed by atoms with Gasteiger partial charge in [-0.3, -0.25) is 9.36 Å². The molecule has 2 aromatic rings. The van der Waals surface area contributed by atoms with Gasteiger partial charge in [0, 0.05) is 37.3 Å². The van der Waals surface area contributed by atoms with Crippen LogP contribution in [0.4, 0.5) is 4.79 Å². The molecule has 1 N–H and O–H groups in total. The number of hydrogen-bond donors (Lipinski definition) is 1. The highest BCUT2D eigenvalue weighted by atomic mass is 35.5. The van der Waals surface area contributed by atoms with Crippen molar-refractivity contribution in [2.75, 3.05) is 0 Å². The average molecular weight is 390 g/mol. The number of piperidine rings is 1. The molecule has 142 valence electrons. The Morgan fingerprint density at radius 1 is 1.26 bits per heavy atom. The maximum absolute atomic E-state index is 12.7. The lowest BCUT2D eigenvalue weighted by Gasteiger charge is -2.38. The molecule has 0 spiro atoms. The Labute approximate surface area is 161 Å². The van der Waals surface area contributed by atoms with Gasteiger partial charge in [0.15, 0.2) is 0 Å². The van der Waals surface area contributed by atoms with E-state index >= 15 is 0 Å². The van der Waals surface area contributed by atoms with Crippen LogP contribution >= 0.6 is 11.6 Å². The molecule has 2 aliphatic rings. The molecule has 27 heavy (non-hydrogen) atoms. The third kappa shape index (κ3) is 3.64. The number of halogens is 1. The SMILES string of the molecule is O=C(O)Cc1ccc(OC2CC3CCC(C2)N3C(=O)n2ccnc2)c(Cl)c1. The van der Waals surface area contributed by atoms with E-state index in [9.17, 15) is 9.59 Å². The van der Waals surface area contributed by atoms with Crippen LogP contribution in [0.2, 0.25) is 5.02 Å². The number of carbonyl (C=O) groups is 2. The molecule has 1 aromatic carbocycles. The first-order valence-electron chi connectivity index (χ1n) is 8.99. The fourth-order valence-electron chi connectivity index (χ4n) is 4.15. The standard InChI is InChI=1S/C19H20ClN3O4/c20-16-7-12(8-18(24)25)1-4-17(16)27-15-9-13-2-3-14(10-15)23(13)19(26)22-6-5-21-11-22/h1,4-7,11,13-15H,2-3,8-10H2,(H,24,25). The predicted molar refractivity (Wildman–Crippen MR) is 98.1 cm³/mol. The number of ether oxygens (including phenoxy) is 1. The topological polar surface area (TPSA) is 84.7 Å². The Morgan fingerprint density at radius 2 is 2.00 bits per heavy atom. The van der Waals surface area contributed by atoms with Crippen molar-refractivity contribution in [1.82, 2.24) is 14.5 Å². The highest BCUT2D eigenvalue weighted by molar-refractivity contribution is 6.32. The first-order valence-corrected chi connectivity index (χ1v) is 9.36. The zero-order valence-electron chi connectivity index (χ0n) is 14.6. The Balaban J connectivity index is 1.43. The molecular weight excluding hydrogens is 370 g/mol. The predicted octanol–water partition coefficient (Wildman–Crippen LogP) is 3.21. The van der Waals surface area contributed by atoms with Gasteiger partial charge >= 0.3 is 12.0 Å². The van der Waals surface area contributed by atoms with Gasteiger partial charge in [-0.15, -0.1) is 0 Å². The fraction of sp³-hybridized carbons (Fsp3) is 0.421. The molecule has 7 nitrogen and oxygen atoms in total. The van der Waals surface area contributed by atoms with Crippen molar-refractivity contribution in [3.05, 3.63) is 47.5 Å². The van der Waals surface area contributed by atoms with E-state index in [1.165, 1.54) is 10.9 Å². The first kappa shape index (κ1) is 17.9. The van der Waals surface area contributed by atoms with Crippen molar-refractivity contribution < 1.29 is 19.4 Å². The molecule has 1 amide bonds. The summed E-state index contributed by atoms with van der Waals surface area (Å²) in [5, 5.41) is 9.29. The lowest BCUT2D eigenvalue weighted by molar-refractivity contribution is -0.136. The minimum atomic E-state index is -0.897. The van der Waals surface area contributed by atoms with Gasteiger partial charge in [0.25, 0.3) is 0 Å². The molecule has 3 heterocycles. The highest BCUT2D eigenvalue weighted by Gasteiger charge is 2.44. The van der Waals surface area contributed by atoms with Gasteiger partial charge in [0.1, 0.15) is 18.2 Å². The van der Waals surface area contributed by atoms with Crippen LogP contribution in [0.15, 0.2) is 36.9 Å². The summed E-state index contributed by atoms with van der Waals surface area (Å²) in [7, 11) is 0. The number of carbonyl (C=O) groups excluding carboxylic acids is 1. The van der Waals surface area contributed by atoms with Gasteiger partial charge in [-0.05, 0) is 30.5 Å². The summed E-state index contributed by atoms with van der Waals surface area (Å²) >= 11 is 6.27. The number of rotatable bonds is 4. The number of aromatic nitrogens is 2. The summed E-state index contributed by atoms with van der Waals surface area (Å²) < 4.78 is 7.63. The number of carboxylic acid groups (broad SMARTS) is 1. The molecule has 2 bridgehead atoms. The van der Waals surface area contributed by atoms with Crippen molar-refractivity contribution in [3.8, 4) is 5.75 Å². The van der Waals surface area contributed by atoms with Crippen molar-refractivity contribution in [3.63, 3.8) is 0 Å². The van der Waals surface area contributed by atoms with Crippen molar-refractivity contribution in [1.29, 1.82) is 0 Å². The van der Waals surface area contributed by atoms with E-state index in [-0.39, 0.29) is 30.6 Å². The molecule has 2 saturated heterocycles. The van der Waals surface area contributed by atoms with E-state index in [1.54, 1.807) is 30.6 Å². The number of benzene rings is 1. The number of imidazole rings is 1. The lowest BCUT2D eigenvalue weighted by atomic mass is 10.00. The molecule has 2 atom stereocenters. The fourth-order valence-corrected chi connectivity index (χ4v) is 4.39. The van der Waals surface area contributed by atoms with Crippen LogP contribution in [0.5, 0.6) is 5.75 Å². The molecular formula is C19H20ClN3O4. The van der Waals surface area contributed by atoms with Gasteiger partial charge in [-0.1, -0.05) is 17.7 Å². The number of fused-ring (bicyclic) bond motifs is 2. The average Bonchev–Trinajstić information content (AvgIpc) is 3.23. The quantitative estimate of drug-likeness (QED) is 0.867. The van der Waals surface area contributed by atoms with E-state index in [0.29, 0.717) is 16.3 Å². The van der Waals surface area contributed by atoms with Gasteiger partial charge in [0.05, 0.1) is 11.4 Å². The molecule has 8 heteroatoms. The normalized spacial score (nSPS) is 24.0. The van der Waals surface area contributed by atoms with Crippen LogP contribution in [0.3, 0.4) is 0 Å². The van der Waals surface area contributed by atoms with Gasteiger partial charge in [-0.2, -0.15) is 0 Å². The largest absolute Gasteiger partial charge is 0.489 e. The van der Waals surface area contributed by atoms with Gasteiger partial charge < -0.3 is 14.7 Å². The van der Waals surface area contributed by atoms with Gasteiger partial charge in [0.2, 0.25) is 0 Å². The van der Waals surface area contributed by atoms with Crippen LogP contribution in [0, 0.1) is 0 Å². The molecule has 0 aliphatic carbocycles. The molecule has 1 aromatic heterocycles. The summed E-state index contributed by atoms with van der Waals surface area (Å²) in [6.45, 7) is 0. The van der Waals surface area contributed by atoms with Crippen molar-refractivity contribution in [2.24, 2.45) is 0 Å². The van der Waals surface area contributed by atoms with E-state index in [1.807, 2.05) is 4.90 Å². The molecule has 2 unspecified atom stereocenters. The second-order valence-corrected chi connectivity index (χ2v) is 7.50. The molecule has 4 rings (SSSR count). The summed E-state index contributed by atoms with van der Waals surface area (Å²) in [4.78, 5) is 29.4. The maximum Gasteiger partial charge on any atom is 0.329 e. The second kappa shape index (κ2) is 7.23. The maximum atomic E-state index is 12.7. The second-order valence-electron chi connectivity index (χ2n) is 7.09. The Kier molecular flexibility index (Phi) is 4.78. The minimum Gasteiger partial charge on any atom is -0.489 e. The Morgan fingerprint density at radius 3 is 2.59 bits per heavy atom. The van der Waals surface area contributed by atoms with Gasteiger partial charge in [-0.25, -0.2) is 9.78 Å². The number of aliphatic carboxylic acids is 1. The van der Waals surface area contributed by atoms with E-state index in [4.69, 9.17) is 21.4 Å². The summed E-state index contributed by atoms with van der Waals surface area (Å²) in [6.07, 6.45) is 8.16. The van der Waals surface area contributed by atoms with E-state index in [0.717, 1.165) is 25.7 Å². The molecule has 0 radical (unpaired) electrons. The smallest absolute Gasteiger partial charge is 0.329 e. The minimum absolute atomic E-state index is 0.0165. The Hall–Kier alpha value is -2.54. The van der Waals surface area contributed by atoms with Crippen LogP contribution in [-0.4, -0.2) is 49.7 Å². The summed E-state index contributed by atoms with van der Waals surface area (Å²) in [6, 6.07) is 5.35. The Bertz CT molecular complexity index is 841. The number of hydrogen-bond acceptors (Lipinski definition) is 4. The highest BCUT2D eigenvalue weighted by Crippen LogP contribution is 2.38. The number of amides is 1. The number of carboxylic acids is 1. The molecule has 2 aliphatic heterocycles. The van der Waals surface area contributed by atoms with Crippen LogP contribution < -0.4 is 4.74 Å². The van der Waals surface area contributed by atoms with Crippen LogP contribution in [0.1, 0.15) is 31.2 Å². The van der Waals surface area contributed by atoms with E-state index in [2.05, 4.69) is 4.98 Å². The van der Waals surface area contributed by atoms with Crippen molar-refractivity contribution in [2.45, 2.75) is 50.3 Å². The third-order valence-electron chi connectivity index (χ3n) is 5.28. The zero-order valence-corrected chi connectivity index (χ0v) is 15.4. The van der Waals surface area contributed by atoms with Crippen LogP contribution in [-0.2, 0) is 11.2 Å². The van der Waals surface area contributed by atoms with Crippen LogP contribution in [0.25, 0.3) is 0 Å². The molecule has 2 fully saturated rings. The zero-order chi connectivity index (χ0) is 19.0. The lowest BCUT2D eigenvalue weighted by Crippen LogP contribution is -2.50. The monoisotopic (exact) mass is 389 g/mol. The summed E-state index contributed by atoms with van der Waals surface area (Å²) in [5.41, 5.74) is 0.640. The number of nitrogens with zero attached hydrogens (tertiary/aromatic N) is 3.